The molecule has 0 N–H and O–H groups in total. The van der Waals surface area contributed by atoms with Crippen LogP contribution in [0.4, 0.5) is 35.1 Å². The van der Waals surface area contributed by atoms with Crippen LogP contribution in [0, 0.1) is 10.8 Å². The quantitative estimate of drug-likeness (QED) is 0.295. The number of Topliss-reactive ketones (excluding diaryl/α,β-unsaturated/α-hetero) is 1. The third-order valence-corrected chi connectivity index (χ3v) is 1.42. The first kappa shape index (κ1) is 49.2. The highest BCUT2D eigenvalue weighted by molar-refractivity contribution is 7.89. The molecule has 12 heteroatoms. The normalized spacial score (nSPS) is 10.7. The van der Waals surface area contributed by atoms with E-state index in [1.54, 1.807) is 0 Å². The Labute approximate surface area is 196 Å². The summed E-state index contributed by atoms with van der Waals surface area (Å²) in [7, 11) is -2.17. The molecule has 0 atom stereocenters. The third kappa shape index (κ3) is 90.1. The van der Waals surface area contributed by atoms with Gasteiger partial charge in [0.2, 0.25) is 0 Å². The lowest BCUT2D eigenvalue weighted by atomic mass is 9.92. The Morgan fingerprint density at radius 1 is 0.697 bits per heavy atom. The van der Waals surface area contributed by atoms with Gasteiger partial charge < -0.3 is 4.79 Å². The van der Waals surface area contributed by atoms with Crippen LogP contribution in [0.1, 0.15) is 82.6 Å². The topological polar surface area (TPSA) is 51.2 Å². The molecule has 210 valence electrons. The van der Waals surface area contributed by atoms with E-state index < -0.39 is 27.6 Å². The van der Waals surface area contributed by atoms with Crippen LogP contribution in [-0.4, -0.2) is 52.9 Å². The number of hydrogen-bond acceptors (Lipinski definition) is 3. The van der Waals surface area contributed by atoms with E-state index in [1.165, 1.54) is 27.2 Å². The average Bonchev–Trinajstić information content (AvgIpc) is 2.44. The van der Waals surface area contributed by atoms with Crippen LogP contribution in [0.3, 0.4) is 0 Å². The third-order valence-electron chi connectivity index (χ3n) is 1.42. The Morgan fingerprint density at radius 2 is 0.758 bits per heavy atom. The van der Waals surface area contributed by atoms with Crippen molar-refractivity contribution in [3.8, 4) is 0 Å². The summed E-state index contributed by atoms with van der Waals surface area (Å²) in [6.45, 7) is 17.5. The van der Waals surface area contributed by atoms with Crippen molar-refractivity contribution in [2.24, 2.45) is 10.8 Å². The minimum Gasteiger partial charge on any atom is -0.300 e. The molecule has 0 amide bonds. The highest BCUT2D eigenvalue weighted by atomic mass is 32.2. The van der Waals surface area contributed by atoms with E-state index in [2.05, 4.69) is 41.5 Å². The zero-order valence-electron chi connectivity index (χ0n) is 22.6. The highest BCUT2D eigenvalue weighted by Crippen LogP contribution is 2.49. The van der Waals surface area contributed by atoms with Crippen molar-refractivity contribution in [1.82, 2.24) is 0 Å². The maximum absolute atomic E-state index is 11.6. The predicted molar refractivity (Wildman–Crippen MR) is 123 cm³/mol. The molecular weight excluding hydrogens is 484 g/mol. The van der Waals surface area contributed by atoms with Gasteiger partial charge in [-0.05, 0) is 40.0 Å². The van der Waals surface area contributed by atoms with Gasteiger partial charge in [0.1, 0.15) is 15.6 Å². The van der Waals surface area contributed by atoms with Gasteiger partial charge in [-0.25, -0.2) is 8.42 Å². The van der Waals surface area contributed by atoms with Crippen molar-refractivity contribution < 1.29 is 48.3 Å². The monoisotopic (exact) mass is 530 g/mol. The lowest BCUT2D eigenvalue weighted by Crippen LogP contribution is -2.44. The number of sulfone groups is 1. The summed E-state index contributed by atoms with van der Waals surface area (Å²) in [4.78, 5) is 9.44. The molecule has 0 aliphatic rings. The van der Waals surface area contributed by atoms with Crippen LogP contribution in [0.2, 0.25) is 0 Å². The molecule has 0 aliphatic carbocycles. The summed E-state index contributed by atoms with van der Waals surface area (Å²) < 4.78 is 109. The second-order valence-electron chi connectivity index (χ2n) is 8.65. The summed E-state index contributed by atoms with van der Waals surface area (Å²) in [5, 5.41) is 0. The van der Waals surface area contributed by atoms with Crippen molar-refractivity contribution in [1.29, 1.82) is 0 Å². The standard InChI is InChI=1S/C5H6F6.C5H12.C3H6O.C3H8.C2H5F.C2H6O2S.CH3F/c1-3(2,4(6,7)8)5(9,10)11;1-5(2,3)4;1-3(2)4;1-3-2;1-2-3;1-5(2,3)4;1-2/h1-2H3;1-4H3;1-2H3;3H2,1-2H3;2H2,1H3;1-2H3;1H3. The van der Waals surface area contributed by atoms with Gasteiger partial charge in [0.25, 0.3) is 0 Å². The summed E-state index contributed by atoms with van der Waals surface area (Å²) in [6.07, 6.45) is -6.92. The molecule has 0 spiro atoms. The summed E-state index contributed by atoms with van der Waals surface area (Å²) in [5.74, 6) is 0.167. The van der Waals surface area contributed by atoms with E-state index in [4.69, 9.17) is 0 Å². The molecule has 0 heterocycles. The molecular formula is C21H46F8O3S. The molecule has 0 bridgehead atoms. The molecule has 0 aromatic heterocycles. The molecule has 33 heavy (non-hydrogen) atoms. The molecule has 0 aromatic carbocycles. The first-order valence-electron chi connectivity index (χ1n) is 9.75. The van der Waals surface area contributed by atoms with E-state index in [0.29, 0.717) is 12.6 Å². The minimum absolute atomic E-state index is 0.104. The number of rotatable bonds is 0. The van der Waals surface area contributed by atoms with Crippen LogP contribution >= 0.6 is 0 Å². The SMILES string of the molecule is CC(C)(C(F)(F)F)C(F)(F)F.CC(C)(C)C.CC(C)=O.CCC.CCF.CF.CS(C)(=O)=O. The first-order chi connectivity index (χ1) is 14.1. The van der Waals surface area contributed by atoms with Gasteiger partial charge in [0.15, 0.2) is 5.41 Å². The smallest absolute Gasteiger partial charge is 0.300 e. The Bertz CT molecular complexity index is 469. The Morgan fingerprint density at radius 3 is 0.758 bits per heavy atom. The number of hydrogen-bond donors (Lipinski definition) is 0. The molecule has 3 nitrogen and oxygen atoms in total. The van der Waals surface area contributed by atoms with Crippen molar-refractivity contribution >= 4 is 15.6 Å². The molecule has 0 saturated carbocycles. The lowest BCUT2D eigenvalue weighted by Gasteiger charge is -2.29. The van der Waals surface area contributed by atoms with E-state index in [0.717, 1.165) is 12.5 Å². The fourth-order valence-electron chi connectivity index (χ4n) is 0.161. The highest BCUT2D eigenvalue weighted by Gasteiger charge is 2.64. The molecule has 0 aromatic rings. The zero-order chi connectivity index (χ0) is 29.5. The van der Waals surface area contributed by atoms with Crippen molar-refractivity contribution in [2.45, 2.75) is 94.9 Å². The summed E-state index contributed by atoms with van der Waals surface area (Å²) in [5.41, 5.74) is -3.12. The van der Waals surface area contributed by atoms with Gasteiger partial charge in [0, 0.05) is 12.5 Å². The van der Waals surface area contributed by atoms with Crippen molar-refractivity contribution in [3.63, 3.8) is 0 Å². The number of halogens is 8. The zero-order valence-corrected chi connectivity index (χ0v) is 23.4. The van der Waals surface area contributed by atoms with Crippen LogP contribution in [0.15, 0.2) is 0 Å². The molecule has 0 rings (SSSR count). The first-order valence-corrected chi connectivity index (χ1v) is 12.1. The van der Waals surface area contributed by atoms with E-state index >= 15 is 0 Å². The van der Waals surface area contributed by atoms with Gasteiger partial charge in [-0.3, -0.25) is 8.78 Å². The summed E-state index contributed by atoms with van der Waals surface area (Å²) in [6, 6.07) is 0. The van der Waals surface area contributed by atoms with Gasteiger partial charge in [0.05, 0.1) is 13.9 Å². The molecule has 0 fully saturated rings. The minimum atomic E-state index is -5.24. The molecule has 0 saturated heterocycles. The van der Waals surface area contributed by atoms with Crippen LogP contribution in [0.25, 0.3) is 0 Å². The predicted octanol–water partition coefficient (Wildman–Crippen LogP) is 8.42. The van der Waals surface area contributed by atoms with Gasteiger partial charge in [-0.15, -0.1) is 0 Å². The fourth-order valence-corrected chi connectivity index (χ4v) is 0.161. The van der Waals surface area contributed by atoms with Crippen LogP contribution < -0.4 is 0 Å². The van der Waals surface area contributed by atoms with Gasteiger partial charge in [-0.1, -0.05) is 48.0 Å². The van der Waals surface area contributed by atoms with Crippen LogP contribution in [-0.2, 0) is 14.6 Å². The molecule has 0 aliphatic heterocycles. The van der Waals surface area contributed by atoms with E-state index in [1.807, 2.05) is 0 Å². The second-order valence-corrected chi connectivity index (χ2v) is 10.9. The lowest BCUT2D eigenvalue weighted by molar-refractivity contribution is -0.327. The molecule has 0 radical (unpaired) electrons. The number of ketones is 1. The average molecular weight is 531 g/mol. The van der Waals surface area contributed by atoms with Gasteiger partial charge >= 0.3 is 12.4 Å². The van der Waals surface area contributed by atoms with Crippen molar-refractivity contribution in [2.75, 3.05) is 26.4 Å². The van der Waals surface area contributed by atoms with Crippen LogP contribution in [0.5, 0.6) is 0 Å². The van der Waals surface area contributed by atoms with E-state index in [-0.39, 0.29) is 26.3 Å². The maximum Gasteiger partial charge on any atom is 0.402 e. The number of alkyl halides is 8. The number of carbonyl (C=O) groups excluding carboxylic acids is 1. The second kappa shape index (κ2) is 24.2. The van der Waals surface area contributed by atoms with Crippen molar-refractivity contribution in [3.05, 3.63) is 0 Å². The fraction of sp³-hybridized carbons (Fsp3) is 0.952. The summed E-state index contributed by atoms with van der Waals surface area (Å²) >= 11 is 0. The Kier molecular flexibility index (Phi) is 36.1. The molecule has 0 unspecified atom stereocenters. The number of carbonyl (C=O) groups is 1. The van der Waals surface area contributed by atoms with E-state index in [9.17, 15) is 48.3 Å². The van der Waals surface area contributed by atoms with Gasteiger partial charge in [-0.2, -0.15) is 26.3 Å². The maximum atomic E-state index is 11.6. The largest absolute Gasteiger partial charge is 0.402 e. The Hall–Kier alpha value is -0.940. The Balaban J connectivity index is -0.0000000525.